The summed E-state index contributed by atoms with van der Waals surface area (Å²) in [6.07, 6.45) is 1.11. The number of hydrogen-bond acceptors (Lipinski definition) is 6. The first kappa shape index (κ1) is 24.3. The van der Waals surface area contributed by atoms with Crippen molar-refractivity contribution in [2.45, 2.75) is 46.5 Å². The third-order valence-corrected chi connectivity index (χ3v) is 3.88. The van der Waals surface area contributed by atoms with Gasteiger partial charge < -0.3 is 18.9 Å². The topological polar surface area (TPSA) is 71.1 Å². The Morgan fingerprint density at radius 1 is 0.862 bits per heavy atom. The van der Waals surface area contributed by atoms with Gasteiger partial charge in [-0.25, -0.2) is 9.59 Å². The molecule has 29 heavy (non-hydrogen) atoms. The molecule has 1 rings (SSSR count). The SMILES string of the molecule is C=C(C)C(=O)OCCCOc1cccc(C(C)C)c1OCCCOC(=O)C(=C)C. The van der Waals surface area contributed by atoms with Crippen LogP contribution in [0.25, 0.3) is 0 Å². The minimum absolute atomic E-state index is 0.256. The highest BCUT2D eigenvalue weighted by Gasteiger charge is 2.14. The summed E-state index contributed by atoms with van der Waals surface area (Å²) in [6, 6.07) is 5.78. The fourth-order valence-corrected chi connectivity index (χ4v) is 2.31. The van der Waals surface area contributed by atoms with Crippen molar-refractivity contribution in [3.63, 3.8) is 0 Å². The number of carbonyl (C=O) groups is 2. The van der Waals surface area contributed by atoms with Gasteiger partial charge in [0.15, 0.2) is 11.5 Å². The Hall–Kier alpha value is -2.76. The Balaban J connectivity index is 2.58. The summed E-state index contributed by atoms with van der Waals surface area (Å²) in [6.45, 7) is 15.8. The highest BCUT2D eigenvalue weighted by atomic mass is 16.5. The van der Waals surface area contributed by atoms with E-state index >= 15 is 0 Å². The molecule has 0 unspecified atom stereocenters. The van der Waals surface area contributed by atoms with Crippen LogP contribution >= 0.6 is 0 Å². The van der Waals surface area contributed by atoms with E-state index in [-0.39, 0.29) is 19.1 Å². The average Bonchev–Trinajstić information content (AvgIpc) is 2.67. The van der Waals surface area contributed by atoms with E-state index < -0.39 is 11.9 Å². The van der Waals surface area contributed by atoms with E-state index in [0.29, 0.717) is 48.7 Å². The maximum absolute atomic E-state index is 11.4. The number of esters is 2. The maximum Gasteiger partial charge on any atom is 0.333 e. The highest BCUT2D eigenvalue weighted by molar-refractivity contribution is 5.87. The van der Waals surface area contributed by atoms with Crippen molar-refractivity contribution in [3.8, 4) is 11.5 Å². The number of para-hydroxylation sites is 1. The monoisotopic (exact) mass is 404 g/mol. The van der Waals surface area contributed by atoms with Gasteiger partial charge in [-0.3, -0.25) is 0 Å². The van der Waals surface area contributed by atoms with Crippen LogP contribution in [0.4, 0.5) is 0 Å². The van der Waals surface area contributed by atoms with Crippen molar-refractivity contribution in [3.05, 3.63) is 48.1 Å². The highest BCUT2D eigenvalue weighted by Crippen LogP contribution is 2.36. The van der Waals surface area contributed by atoms with Crippen LogP contribution in [0.3, 0.4) is 0 Å². The molecule has 6 heteroatoms. The van der Waals surface area contributed by atoms with E-state index in [9.17, 15) is 9.59 Å². The predicted molar refractivity (Wildman–Crippen MR) is 112 cm³/mol. The van der Waals surface area contributed by atoms with Gasteiger partial charge in [-0.15, -0.1) is 0 Å². The van der Waals surface area contributed by atoms with E-state index in [1.807, 2.05) is 18.2 Å². The third-order valence-electron chi connectivity index (χ3n) is 3.88. The molecule has 0 N–H and O–H groups in total. The van der Waals surface area contributed by atoms with Gasteiger partial charge in [0.05, 0.1) is 26.4 Å². The zero-order valence-corrected chi connectivity index (χ0v) is 17.9. The zero-order chi connectivity index (χ0) is 21.8. The minimum Gasteiger partial charge on any atom is -0.490 e. The predicted octanol–water partition coefficient (Wildman–Crippen LogP) is 4.59. The van der Waals surface area contributed by atoms with Gasteiger partial charge in [-0.2, -0.15) is 0 Å². The van der Waals surface area contributed by atoms with Crippen LogP contribution in [0, 0.1) is 0 Å². The maximum atomic E-state index is 11.4. The number of ether oxygens (including phenoxy) is 4. The summed E-state index contributed by atoms with van der Waals surface area (Å²) in [5.41, 5.74) is 1.79. The summed E-state index contributed by atoms with van der Waals surface area (Å²) in [5, 5.41) is 0. The van der Waals surface area contributed by atoms with Crippen molar-refractivity contribution >= 4 is 11.9 Å². The fraction of sp³-hybridized carbons (Fsp3) is 0.478. The largest absolute Gasteiger partial charge is 0.490 e. The third kappa shape index (κ3) is 8.85. The van der Waals surface area contributed by atoms with Gasteiger partial charge in [0.25, 0.3) is 0 Å². The van der Waals surface area contributed by atoms with Crippen molar-refractivity contribution in [1.29, 1.82) is 0 Å². The molecule has 0 heterocycles. The summed E-state index contributed by atoms with van der Waals surface area (Å²) >= 11 is 0. The first-order valence-electron chi connectivity index (χ1n) is 9.77. The second-order valence-electron chi connectivity index (χ2n) is 7.07. The molecule has 0 aromatic heterocycles. The normalized spacial score (nSPS) is 10.4. The molecule has 0 amide bonds. The summed E-state index contributed by atoms with van der Waals surface area (Å²) in [5.74, 6) is 0.785. The van der Waals surface area contributed by atoms with Gasteiger partial charge in [-0.05, 0) is 25.8 Å². The van der Waals surface area contributed by atoms with Crippen LogP contribution < -0.4 is 9.47 Å². The molecular formula is C23H32O6. The molecule has 0 atom stereocenters. The molecule has 0 saturated heterocycles. The Morgan fingerprint density at radius 3 is 1.86 bits per heavy atom. The van der Waals surface area contributed by atoms with Crippen molar-refractivity contribution < 1.29 is 28.5 Å². The van der Waals surface area contributed by atoms with Gasteiger partial charge in [0.1, 0.15) is 0 Å². The fourth-order valence-electron chi connectivity index (χ4n) is 2.31. The molecule has 0 aliphatic heterocycles. The molecule has 160 valence electrons. The van der Waals surface area contributed by atoms with Gasteiger partial charge >= 0.3 is 11.9 Å². The van der Waals surface area contributed by atoms with Crippen molar-refractivity contribution in [1.82, 2.24) is 0 Å². The Bertz CT molecular complexity index is 720. The molecule has 0 radical (unpaired) electrons. The van der Waals surface area contributed by atoms with Crippen LogP contribution in [-0.4, -0.2) is 38.4 Å². The minimum atomic E-state index is -0.400. The second-order valence-corrected chi connectivity index (χ2v) is 7.07. The van der Waals surface area contributed by atoms with Crippen molar-refractivity contribution in [2.24, 2.45) is 0 Å². The Labute approximate surface area is 173 Å². The van der Waals surface area contributed by atoms with E-state index in [0.717, 1.165) is 5.56 Å². The summed E-state index contributed by atoms with van der Waals surface area (Å²) < 4.78 is 22.0. The Morgan fingerprint density at radius 2 is 1.38 bits per heavy atom. The summed E-state index contributed by atoms with van der Waals surface area (Å²) in [4.78, 5) is 22.8. The second kappa shape index (κ2) is 12.6. The molecule has 0 spiro atoms. The first-order valence-corrected chi connectivity index (χ1v) is 9.77. The number of benzene rings is 1. The lowest BCUT2D eigenvalue weighted by atomic mass is 10.0. The van der Waals surface area contributed by atoms with Crippen LogP contribution in [0.1, 0.15) is 52.0 Å². The summed E-state index contributed by atoms with van der Waals surface area (Å²) in [7, 11) is 0. The molecule has 0 bridgehead atoms. The average molecular weight is 405 g/mol. The van der Waals surface area contributed by atoms with Gasteiger partial charge in [0, 0.05) is 29.6 Å². The zero-order valence-electron chi connectivity index (χ0n) is 17.9. The lowest BCUT2D eigenvalue weighted by Gasteiger charge is -2.18. The molecule has 1 aromatic rings. The molecule has 0 saturated carbocycles. The molecule has 0 aliphatic rings. The van der Waals surface area contributed by atoms with Crippen LogP contribution in [0.2, 0.25) is 0 Å². The number of carbonyl (C=O) groups excluding carboxylic acids is 2. The van der Waals surface area contributed by atoms with E-state index in [2.05, 4.69) is 27.0 Å². The van der Waals surface area contributed by atoms with E-state index in [1.54, 1.807) is 13.8 Å². The number of hydrogen-bond donors (Lipinski definition) is 0. The molecule has 0 aliphatic carbocycles. The molecule has 0 fully saturated rings. The van der Waals surface area contributed by atoms with E-state index in [1.165, 1.54) is 0 Å². The lowest BCUT2D eigenvalue weighted by molar-refractivity contribution is -0.140. The van der Waals surface area contributed by atoms with Crippen LogP contribution in [0.5, 0.6) is 11.5 Å². The first-order chi connectivity index (χ1) is 13.7. The smallest absolute Gasteiger partial charge is 0.333 e. The quantitative estimate of drug-likeness (QED) is 0.272. The molecule has 1 aromatic carbocycles. The molecular weight excluding hydrogens is 372 g/mol. The Kier molecular flexibility index (Phi) is 10.6. The van der Waals surface area contributed by atoms with Gasteiger partial charge in [-0.1, -0.05) is 39.1 Å². The standard InChI is InChI=1S/C23H32O6/c1-16(2)19-10-7-11-20(26-12-8-14-28-22(24)17(3)4)21(19)27-13-9-15-29-23(25)18(5)6/h7,10-11,16H,3,5,8-9,12-15H2,1-2,4,6H3. The van der Waals surface area contributed by atoms with Gasteiger partial charge in [0.2, 0.25) is 0 Å². The van der Waals surface area contributed by atoms with Crippen molar-refractivity contribution in [2.75, 3.05) is 26.4 Å². The van der Waals surface area contributed by atoms with Crippen LogP contribution in [-0.2, 0) is 19.1 Å². The van der Waals surface area contributed by atoms with E-state index in [4.69, 9.17) is 18.9 Å². The molecule has 6 nitrogen and oxygen atoms in total. The van der Waals surface area contributed by atoms with Crippen LogP contribution in [0.15, 0.2) is 42.5 Å². The lowest BCUT2D eigenvalue weighted by Crippen LogP contribution is -2.11. The number of rotatable bonds is 13.